The van der Waals surface area contributed by atoms with E-state index < -0.39 is 12.0 Å². The summed E-state index contributed by atoms with van der Waals surface area (Å²) >= 11 is 0. The Morgan fingerprint density at radius 3 is 2.62 bits per heavy atom. The van der Waals surface area contributed by atoms with Gasteiger partial charge in [0.1, 0.15) is 5.75 Å². The fraction of sp³-hybridized carbons (Fsp3) is 0.600. The molecule has 0 aliphatic carbocycles. The van der Waals surface area contributed by atoms with Crippen molar-refractivity contribution < 1.29 is 23.0 Å². The van der Waals surface area contributed by atoms with E-state index in [2.05, 4.69) is 9.64 Å². The van der Waals surface area contributed by atoms with E-state index in [9.17, 15) is 18.3 Å². The van der Waals surface area contributed by atoms with Crippen LogP contribution in [0.25, 0.3) is 0 Å². The number of alkyl halides is 3. The normalized spacial score (nSPS) is 29.6. The zero-order chi connectivity index (χ0) is 15.1. The van der Waals surface area contributed by atoms with Gasteiger partial charge in [-0.25, -0.2) is 0 Å². The summed E-state index contributed by atoms with van der Waals surface area (Å²) < 4.78 is 40.2. The molecule has 2 saturated heterocycles. The van der Waals surface area contributed by atoms with Crippen LogP contribution in [0.1, 0.15) is 24.8 Å². The first-order valence-corrected chi connectivity index (χ1v) is 7.17. The van der Waals surface area contributed by atoms with Crippen molar-refractivity contribution in [3.8, 4) is 5.75 Å². The van der Waals surface area contributed by atoms with Crippen LogP contribution < -0.4 is 4.74 Å². The fourth-order valence-corrected chi connectivity index (χ4v) is 3.57. The monoisotopic (exact) mass is 301 g/mol. The van der Waals surface area contributed by atoms with Crippen LogP contribution in [0.2, 0.25) is 0 Å². The molecule has 6 heteroatoms. The average molecular weight is 301 g/mol. The first-order valence-electron chi connectivity index (χ1n) is 7.17. The molecule has 2 atom stereocenters. The molecule has 2 aliphatic heterocycles. The molecule has 116 valence electrons. The van der Waals surface area contributed by atoms with Crippen LogP contribution in [0.15, 0.2) is 24.3 Å². The van der Waals surface area contributed by atoms with Gasteiger partial charge in [-0.2, -0.15) is 0 Å². The number of aliphatic hydroxyl groups is 1. The highest BCUT2D eigenvalue weighted by Crippen LogP contribution is 2.38. The molecule has 21 heavy (non-hydrogen) atoms. The average Bonchev–Trinajstić information content (AvgIpc) is 2.96. The number of benzene rings is 1. The van der Waals surface area contributed by atoms with Crippen LogP contribution in [0.4, 0.5) is 13.2 Å². The van der Waals surface area contributed by atoms with Gasteiger partial charge in [-0.05, 0) is 43.5 Å². The highest BCUT2D eigenvalue weighted by Gasteiger charge is 2.47. The molecule has 2 heterocycles. The summed E-state index contributed by atoms with van der Waals surface area (Å²) in [6.45, 7) is 1.93. The van der Waals surface area contributed by atoms with Gasteiger partial charge < -0.3 is 9.84 Å². The van der Waals surface area contributed by atoms with Gasteiger partial charge in [0.15, 0.2) is 0 Å². The van der Waals surface area contributed by atoms with Crippen molar-refractivity contribution in [1.82, 2.24) is 4.90 Å². The van der Waals surface area contributed by atoms with Gasteiger partial charge in [-0.15, -0.1) is 13.2 Å². The lowest BCUT2D eigenvalue weighted by molar-refractivity contribution is -0.274. The second kappa shape index (κ2) is 5.18. The Morgan fingerprint density at radius 2 is 1.95 bits per heavy atom. The van der Waals surface area contributed by atoms with Crippen LogP contribution in [0.3, 0.4) is 0 Å². The molecule has 0 aromatic heterocycles. The minimum Gasteiger partial charge on any atom is -0.406 e. The number of rotatable bonds is 3. The first-order chi connectivity index (χ1) is 9.86. The molecule has 1 aromatic carbocycles. The van der Waals surface area contributed by atoms with Gasteiger partial charge in [0, 0.05) is 19.0 Å². The number of hydrogen-bond acceptors (Lipinski definition) is 3. The summed E-state index contributed by atoms with van der Waals surface area (Å²) in [6, 6.07) is 5.97. The molecule has 0 radical (unpaired) electrons. The lowest BCUT2D eigenvalue weighted by atomic mass is 9.86. The Morgan fingerprint density at radius 1 is 1.24 bits per heavy atom. The molecule has 0 spiro atoms. The molecule has 0 bridgehead atoms. The van der Waals surface area contributed by atoms with E-state index in [4.69, 9.17) is 0 Å². The van der Waals surface area contributed by atoms with Gasteiger partial charge in [-0.1, -0.05) is 12.1 Å². The van der Waals surface area contributed by atoms with Crippen LogP contribution in [-0.2, 0) is 6.42 Å². The van der Waals surface area contributed by atoms with Gasteiger partial charge in [-0.3, -0.25) is 4.90 Å². The van der Waals surface area contributed by atoms with E-state index in [1.54, 1.807) is 12.1 Å². The summed E-state index contributed by atoms with van der Waals surface area (Å²) in [6.07, 6.45) is -1.38. The number of hydrogen-bond donors (Lipinski definition) is 1. The molecule has 0 saturated carbocycles. The third kappa shape index (κ3) is 3.16. The molecule has 2 fully saturated rings. The maximum absolute atomic E-state index is 12.1. The summed E-state index contributed by atoms with van der Waals surface area (Å²) in [7, 11) is 0. The zero-order valence-corrected chi connectivity index (χ0v) is 11.6. The van der Waals surface area contributed by atoms with Gasteiger partial charge >= 0.3 is 6.36 Å². The van der Waals surface area contributed by atoms with Crippen molar-refractivity contribution in [3.63, 3.8) is 0 Å². The molecule has 3 nitrogen and oxygen atoms in total. The van der Waals surface area contributed by atoms with Crippen molar-refractivity contribution in [2.45, 2.75) is 43.7 Å². The van der Waals surface area contributed by atoms with Crippen LogP contribution in [-0.4, -0.2) is 41.1 Å². The summed E-state index contributed by atoms with van der Waals surface area (Å²) in [5.41, 5.74) is 0.0730. The smallest absolute Gasteiger partial charge is 0.406 e. The van der Waals surface area contributed by atoms with Crippen molar-refractivity contribution in [1.29, 1.82) is 0 Å². The predicted molar refractivity (Wildman–Crippen MR) is 71.0 cm³/mol. The Kier molecular flexibility index (Phi) is 3.61. The third-order valence-corrected chi connectivity index (χ3v) is 4.48. The molecule has 2 aliphatic rings. The minimum atomic E-state index is -4.67. The quantitative estimate of drug-likeness (QED) is 0.932. The Labute approximate surface area is 121 Å². The second-order valence-electron chi connectivity index (χ2n) is 5.92. The molecule has 1 N–H and O–H groups in total. The van der Waals surface area contributed by atoms with E-state index in [1.165, 1.54) is 12.1 Å². The van der Waals surface area contributed by atoms with Crippen molar-refractivity contribution in [3.05, 3.63) is 29.8 Å². The Balaban J connectivity index is 1.68. The number of halogens is 3. The fourth-order valence-electron chi connectivity index (χ4n) is 3.57. The van der Waals surface area contributed by atoms with Crippen LogP contribution in [0, 0.1) is 0 Å². The highest BCUT2D eigenvalue weighted by molar-refractivity contribution is 5.29. The molecule has 2 unspecified atom stereocenters. The molecular formula is C15H18F3NO2. The molecule has 0 amide bonds. The van der Waals surface area contributed by atoms with Crippen LogP contribution in [0.5, 0.6) is 5.75 Å². The number of fused-ring (bicyclic) bond motifs is 1. The summed E-state index contributed by atoms with van der Waals surface area (Å²) in [4.78, 5) is 2.31. The number of nitrogens with zero attached hydrogens (tertiary/aromatic N) is 1. The van der Waals surface area contributed by atoms with E-state index >= 15 is 0 Å². The second-order valence-corrected chi connectivity index (χ2v) is 5.92. The Hall–Kier alpha value is -1.27. The van der Waals surface area contributed by atoms with E-state index in [1.807, 2.05) is 0 Å². The lowest BCUT2D eigenvalue weighted by Crippen LogP contribution is -2.42. The lowest BCUT2D eigenvalue weighted by Gasteiger charge is -2.30. The van der Waals surface area contributed by atoms with E-state index in [0.29, 0.717) is 6.42 Å². The zero-order valence-electron chi connectivity index (χ0n) is 11.6. The summed E-state index contributed by atoms with van der Waals surface area (Å²) in [5, 5.41) is 10.8. The molecule has 1 aromatic rings. The van der Waals surface area contributed by atoms with Crippen LogP contribution >= 0.6 is 0 Å². The number of ether oxygens (including phenoxy) is 1. The van der Waals surface area contributed by atoms with E-state index in [-0.39, 0.29) is 11.8 Å². The SMILES string of the molecule is OC1(Cc2ccc(OC(F)(F)F)cc2)CCN2CCCC21. The maximum atomic E-state index is 12.1. The van der Waals surface area contributed by atoms with E-state index in [0.717, 1.165) is 37.9 Å². The standard InChI is InChI=1S/C15H18F3NO2/c16-15(17,18)21-12-5-3-11(4-6-12)10-14(20)7-9-19-8-1-2-13(14)19/h3-6,13,20H,1-2,7-10H2. The molecular weight excluding hydrogens is 283 g/mol. The van der Waals surface area contributed by atoms with Gasteiger partial charge in [0.2, 0.25) is 0 Å². The summed E-state index contributed by atoms with van der Waals surface area (Å²) in [5.74, 6) is -0.229. The largest absolute Gasteiger partial charge is 0.573 e. The third-order valence-electron chi connectivity index (χ3n) is 4.48. The molecule has 3 rings (SSSR count). The van der Waals surface area contributed by atoms with Gasteiger partial charge in [0.05, 0.1) is 5.60 Å². The van der Waals surface area contributed by atoms with Crippen molar-refractivity contribution in [2.75, 3.05) is 13.1 Å². The minimum absolute atomic E-state index is 0.184. The topological polar surface area (TPSA) is 32.7 Å². The Bertz CT molecular complexity index is 503. The predicted octanol–water partition coefficient (Wildman–Crippen LogP) is 2.73. The van der Waals surface area contributed by atoms with Crippen molar-refractivity contribution >= 4 is 0 Å². The van der Waals surface area contributed by atoms with Crippen molar-refractivity contribution in [2.24, 2.45) is 0 Å². The maximum Gasteiger partial charge on any atom is 0.573 e. The highest BCUT2D eigenvalue weighted by atomic mass is 19.4. The van der Waals surface area contributed by atoms with Gasteiger partial charge in [0.25, 0.3) is 0 Å². The first kappa shape index (κ1) is 14.7.